The van der Waals surface area contributed by atoms with Crippen LogP contribution in [0.25, 0.3) is 10.9 Å². The molecule has 0 aliphatic heterocycles. The highest BCUT2D eigenvalue weighted by atomic mass is 16.5. The topological polar surface area (TPSA) is 39.2 Å². The normalized spacial score (nSPS) is 10.6. The Balaban J connectivity index is 2.03. The Labute approximate surface area is 123 Å². The van der Waals surface area contributed by atoms with Crippen LogP contribution in [0.3, 0.4) is 0 Å². The number of aromatic nitrogens is 1. The van der Waals surface area contributed by atoms with Crippen LogP contribution in [0.1, 0.15) is 21.5 Å². The monoisotopic (exact) mass is 277 g/mol. The maximum atomic E-state index is 12.6. The first kappa shape index (κ1) is 13.3. The van der Waals surface area contributed by atoms with Gasteiger partial charge in [0.15, 0.2) is 5.78 Å². The van der Waals surface area contributed by atoms with Crippen molar-refractivity contribution in [3.63, 3.8) is 0 Å². The summed E-state index contributed by atoms with van der Waals surface area (Å²) in [5.74, 6) is 0.695. The summed E-state index contributed by atoms with van der Waals surface area (Å²) in [5.41, 5.74) is 3.08. The van der Waals surface area contributed by atoms with E-state index in [0.717, 1.165) is 22.2 Å². The minimum Gasteiger partial charge on any atom is -0.496 e. The highest BCUT2D eigenvalue weighted by molar-refractivity contribution is 6.10. The van der Waals surface area contributed by atoms with Gasteiger partial charge in [0.25, 0.3) is 0 Å². The van der Waals surface area contributed by atoms with E-state index in [9.17, 15) is 4.79 Å². The van der Waals surface area contributed by atoms with Crippen molar-refractivity contribution in [1.82, 2.24) is 4.98 Å². The lowest BCUT2D eigenvalue weighted by atomic mass is 10.0. The summed E-state index contributed by atoms with van der Waals surface area (Å²) in [7, 11) is 1.61. The molecule has 1 aromatic heterocycles. The van der Waals surface area contributed by atoms with E-state index < -0.39 is 0 Å². The zero-order chi connectivity index (χ0) is 14.8. The van der Waals surface area contributed by atoms with Crippen molar-refractivity contribution >= 4 is 16.7 Å². The van der Waals surface area contributed by atoms with Gasteiger partial charge < -0.3 is 4.74 Å². The van der Waals surface area contributed by atoms with E-state index in [4.69, 9.17) is 4.74 Å². The molecule has 0 amide bonds. The minimum atomic E-state index is -0.0270. The van der Waals surface area contributed by atoms with E-state index in [-0.39, 0.29) is 5.78 Å². The number of methoxy groups -OCH3 is 1. The van der Waals surface area contributed by atoms with Gasteiger partial charge in [-0.05, 0) is 30.7 Å². The summed E-state index contributed by atoms with van der Waals surface area (Å²) in [5, 5.41) is 1.02. The lowest BCUT2D eigenvalue weighted by Crippen LogP contribution is -2.02. The van der Waals surface area contributed by atoms with Crippen LogP contribution in [-0.2, 0) is 0 Å². The molecule has 3 rings (SSSR count). The van der Waals surface area contributed by atoms with Crippen LogP contribution in [0.4, 0.5) is 0 Å². The number of ether oxygens (including phenoxy) is 1. The predicted molar refractivity (Wildman–Crippen MR) is 82.9 cm³/mol. The van der Waals surface area contributed by atoms with E-state index in [1.165, 1.54) is 0 Å². The number of benzene rings is 2. The number of aryl methyl sites for hydroxylation is 1. The van der Waals surface area contributed by atoms with Crippen molar-refractivity contribution in [2.24, 2.45) is 0 Å². The summed E-state index contributed by atoms with van der Waals surface area (Å²) >= 11 is 0. The molecular formula is C18H15NO2. The van der Waals surface area contributed by atoms with Crippen LogP contribution in [0, 0.1) is 6.92 Å². The molecule has 0 aliphatic rings. The quantitative estimate of drug-likeness (QED) is 0.684. The summed E-state index contributed by atoms with van der Waals surface area (Å²) in [6.45, 7) is 1.95. The first-order valence-corrected chi connectivity index (χ1v) is 6.73. The maximum absolute atomic E-state index is 12.6. The average molecular weight is 277 g/mol. The third-order valence-corrected chi connectivity index (χ3v) is 3.54. The van der Waals surface area contributed by atoms with Crippen molar-refractivity contribution in [3.05, 3.63) is 71.4 Å². The number of rotatable bonds is 3. The molecule has 0 atom stereocenters. The number of fused-ring (bicyclic) bond motifs is 1. The van der Waals surface area contributed by atoms with Gasteiger partial charge in [-0.1, -0.05) is 30.3 Å². The fourth-order valence-corrected chi connectivity index (χ4v) is 2.34. The standard InChI is InChI=1S/C18H15NO2/c1-12-5-6-15(11-17(12)21-2)18(20)14-8-7-13-4-3-9-19-16(13)10-14/h3-11H,1-2H3. The summed E-state index contributed by atoms with van der Waals surface area (Å²) in [6, 6.07) is 14.9. The molecule has 2 aromatic carbocycles. The number of pyridine rings is 1. The Morgan fingerprint density at radius 1 is 1.05 bits per heavy atom. The number of carbonyl (C=O) groups is 1. The summed E-state index contributed by atoms with van der Waals surface area (Å²) in [4.78, 5) is 16.9. The zero-order valence-electron chi connectivity index (χ0n) is 12.0. The highest BCUT2D eigenvalue weighted by Crippen LogP contribution is 2.22. The first-order valence-electron chi connectivity index (χ1n) is 6.73. The fraction of sp³-hybridized carbons (Fsp3) is 0.111. The Kier molecular flexibility index (Phi) is 3.40. The molecule has 0 fully saturated rings. The van der Waals surface area contributed by atoms with Gasteiger partial charge in [0.2, 0.25) is 0 Å². The van der Waals surface area contributed by atoms with Crippen LogP contribution >= 0.6 is 0 Å². The Morgan fingerprint density at radius 2 is 1.81 bits per heavy atom. The molecule has 0 N–H and O–H groups in total. The number of hydrogen-bond acceptors (Lipinski definition) is 3. The van der Waals surface area contributed by atoms with Crippen molar-refractivity contribution in [1.29, 1.82) is 0 Å². The molecule has 0 bridgehead atoms. The van der Waals surface area contributed by atoms with E-state index in [1.807, 2.05) is 49.4 Å². The number of carbonyl (C=O) groups excluding carboxylic acids is 1. The van der Waals surface area contributed by atoms with Gasteiger partial charge in [-0.3, -0.25) is 9.78 Å². The van der Waals surface area contributed by atoms with E-state index in [2.05, 4.69) is 4.98 Å². The van der Waals surface area contributed by atoms with Gasteiger partial charge in [-0.25, -0.2) is 0 Å². The van der Waals surface area contributed by atoms with Crippen molar-refractivity contribution in [3.8, 4) is 5.75 Å². The fourth-order valence-electron chi connectivity index (χ4n) is 2.34. The predicted octanol–water partition coefficient (Wildman–Crippen LogP) is 3.78. The van der Waals surface area contributed by atoms with Gasteiger partial charge in [0.05, 0.1) is 12.6 Å². The molecule has 0 unspecified atom stereocenters. The molecule has 0 radical (unpaired) electrons. The number of nitrogens with zero attached hydrogens (tertiary/aromatic N) is 1. The minimum absolute atomic E-state index is 0.0270. The SMILES string of the molecule is COc1cc(C(=O)c2ccc3cccnc3c2)ccc1C. The molecule has 0 aliphatic carbocycles. The molecule has 3 heteroatoms. The van der Waals surface area contributed by atoms with Gasteiger partial charge >= 0.3 is 0 Å². The summed E-state index contributed by atoms with van der Waals surface area (Å²) < 4.78 is 5.28. The molecule has 0 saturated carbocycles. The van der Waals surface area contributed by atoms with Gasteiger partial charge in [0, 0.05) is 22.7 Å². The van der Waals surface area contributed by atoms with Crippen molar-refractivity contribution in [2.45, 2.75) is 6.92 Å². The van der Waals surface area contributed by atoms with Crippen molar-refractivity contribution in [2.75, 3.05) is 7.11 Å². The molecular weight excluding hydrogens is 262 g/mol. The molecule has 3 aromatic rings. The number of hydrogen-bond donors (Lipinski definition) is 0. The molecule has 0 spiro atoms. The van der Waals surface area contributed by atoms with E-state index in [0.29, 0.717) is 11.1 Å². The van der Waals surface area contributed by atoms with Gasteiger partial charge in [-0.2, -0.15) is 0 Å². The Hall–Kier alpha value is -2.68. The molecule has 104 valence electrons. The zero-order valence-corrected chi connectivity index (χ0v) is 12.0. The van der Waals surface area contributed by atoms with Crippen LogP contribution in [0.2, 0.25) is 0 Å². The second-order valence-electron chi connectivity index (χ2n) is 4.92. The highest BCUT2D eigenvalue weighted by Gasteiger charge is 2.12. The summed E-state index contributed by atoms with van der Waals surface area (Å²) in [6.07, 6.45) is 1.73. The van der Waals surface area contributed by atoms with Crippen LogP contribution in [0.5, 0.6) is 5.75 Å². The third kappa shape index (κ3) is 2.50. The average Bonchev–Trinajstić information content (AvgIpc) is 2.54. The Bertz CT molecular complexity index is 824. The van der Waals surface area contributed by atoms with Crippen molar-refractivity contribution < 1.29 is 9.53 Å². The van der Waals surface area contributed by atoms with E-state index in [1.54, 1.807) is 19.4 Å². The largest absolute Gasteiger partial charge is 0.496 e. The van der Waals surface area contributed by atoms with Crippen LogP contribution < -0.4 is 4.74 Å². The maximum Gasteiger partial charge on any atom is 0.193 e. The van der Waals surface area contributed by atoms with Gasteiger partial charge in [0.1, 0.15) is 5.75 Å². The molecule has 1 heterocycles. The molecule has 0 saturated heterocycles. The molecule has 3 nitrogen and oxygen atoms in total. The lowest BCUT2D eigenvalue weighted by Gasteiger charge is -2.07. The van der Waals surface area contributed by atoms with Crippen LogP contribution in [0.15, 0.2) is 54.7 Å². The van der Waals surface area contributed by atoms with Gasteiger partial charge in [-0.15, -0.1) is 0 Å². The molecule has 21 heavy (non-hydrogen) atoms. The third-order valence-electron chi connectivity index (χ3n) is 3.54. The smallest absolute Gasteiger partial charge is 0.193 e. The Morgan fingerprint density at radius 3 is 2.62 bits per heavy atom. The lowest BCUT2D eigenvalue weighted by molar-refractivity contribution is 0.103. The second kappa shape index (κ2) is 5.37. The van der Waals surface area contributed by atoms with E-state index >= 15 is 0 Å². The first-order chi connectivity index (χ1) is 10.2. The number of ketones is 1. The second-order valence-corrected chi connectivity index (χ2v) is 4.92. The van der Waals surface area contributed by atoms with Crippen LogP contribution in [-0.4, -0.2) is 17.9 Å².